The van der Waals surface area contributed by atoms with Gasteiger partial charge in [0.05, 0.1) is 4.92 Å². The van der Waals surface area contributed by atoms with E-state index in [4.69, 9.17) is 4.42 Å². The van der Waals surface area contributed by atoms with Crippen molar-refractivity contribution in [2.24, 2.45) is 0 Å². The van der Waals surface area contributed by atoms with Gasteiger partial charge in [-0.15, -0.1) is 0 Å². The number of carbonyl (C=O) groups is 1. The average Bonchev–Trinajstić information content (AvgIpc) is 3.12. The van der Waals surface area contributed by atoms with Crippen LogP contribution in [-0.2, 0) is 0 Å². The molecule has 7 nitrogen and oxygen atoms in total. The van der Waals surface area contributed by atoms with Crippen LogP contribution in [0.4, 0.5) is 11.4 Å². The third-order valence-corrected chi connectivity index (χ3v) is 5.06. The number of non-ortho nitro benzene ring substituents is 1. The summed E-state index contributed by atoms with van der Waals surface area (Å²) in [5.74, 6) is 0.0311. The number of nitro groups is 1. The van der Waals surface area contributed by atoms with Crippen molar-refractivity contribution in [1.82, 2.24) is 4.98 Å². The molecule has 0 aliphatic carbocycles. The number of anilines is 1. The zero-order valence-corrected chi connectivity index (χ0v) is 16.7. The molecule has 1 heterocycles. The second kappa shape index (κ2) is 7.44. The Morgan fingerprint density at radius 2 is 1.77 bits per heavy atom. The van der Waals surface area contributed by atoms with E-state index in [1.807, 2.05) is 45.0 Å². The van der Waals surface area contributed by atoms with Crippen molar-refractivity contribution in [2.45, 2.75) is 20.8 Å². The third-order valence-electron chi connectivity index (χ3n) is 5.06. The van der Waals surface area contributed by atoms with Crippen molar-refractivity contribution in [1.29, 1.82) is 0 Å². The molecule has 4 aromatic rings. The van der Waals surface area contributed by atoms with Crippen LogP contribution in [-0.4, -0.2) is 15.8 Å². The normalized spacial score (nSPS) is 10.9. The van der Waals surface area contributed by atoms with Crippen LogP contribution in [0.2, 0.25) is 0 Å². The summed E-state index contributed by atoms with van der Waals surface area (Å²) in [7, 11) is 0. The largest absolute Gasteiger partial charge is 0.436 e. The molecule has 0 saturated carbocycles. The van der Waals surface area contributed by atoms with Crippen LogP contribution >= 0.6 is 0 Å². The highest BCUT2D eigenvalue weighted by molar-refractivity contribution is 6.05. The second-order valence-electron chi connectivity index (χ2n) is 7.21. The minimum atomic E-state index is -0.528. The second-order valence-corrected chi connectivity index (χ2v) is 7.21. The molecule has 0 aliphatic rings. The number of benzene rings is 3. The van der Waals surface area contributed by atoms with E-state index >= 15 is 0 Å². The SMILES string of the molecule is Cc1cc2nc(-c3ccc(C)c(NC(=O)c4cccc([N+](=O)[O-])c4)c3)oc2cc1C. The van der Waals surface area contributed by atoms with Gasteiger partial charge in [-0.25, -0.2) is 4.98 Å². The van der Waals surface area contributed by atoms with Gasteiger partial charge < -0.3 is 9.73 Å². The molecular weight excluding hydrogens is 382 g/mol. The predicted octanol–water partition coefficient (Wildman–Crippen LogP) is 5.58. The van der Waals surface area contributed by atoms with Gasteiger partial charge in [0.15, 0.2) is 5.58 Å². The summed E-state index contributed by atoms with van der Waals surface area (Å²) in [6.45, 7) is 5.91. The predicted molar refractivity (Wildman–Crippen MR) is 115 cm³/mol. The summed E-state index contributed by atoms with van der Waals surface area (Å²) in [4.78, 5) is 27.6. The quantitative estimate of drug-likeness (QED) is 0.355. The number of fused-ring (bicyclic) bond motifs is 1. The Bertz CT molecular complexity index is 1270. The molecule has 0 fully saturated rings. The van der Waals surface area contributed by atoms with Crippen LogP contribution in [0.1, 0.15) is 27.0 Å². The topological polar surface area (TPSA) is 98.3 Å². The molecule has 1 amide bonds. The first-order valence-electron chi connectivity index (χ1n) is 9.36. The minimum Gasteiger partial charge on any atom is -0.436 e. The van der Waals surface area contributed by atoms with Crippen molar-refractivity contribution in [2.75, 3.05) is 5.32 Å². The van der Waals surface area contributed by atoms with Crippen LogP contribution in [0.5, 0.6) is 0 Å². The van der Waals surface area contributed by atoms with Gasteiger partial charge in [0.2, 0.25) is 5.89 Å². The number of carbonyl (C=O) groups excluding carboxylic acids is 1. The summed E-state index contributed by atoms with van der Waals surface area (Å²) >= 11 is 0. The first kappa shape index (κ1) is 19.3. The maximum atomic E-state index is 12.6. The Morgan fingerprint density at radius 3 is 2.53 bits per heavy atom. The summed E-state index contributed by atoms with van der Waals surface area (Å²) in [5, 5.41) is 13.8. The number of rotatable bonds is 4. The highest BCUT2D eigenvalue weighted by atomic mass is 16.6. The lowest BCUT2D eigenvalue weighted by Crippen LogP contribution is -2.13. The third kappa shape index (κ3) is 3.65. The maximum absolute atomic E-state index is 12.6. The fourth-order valence-electron chi connectivity index (χ4n) is 3.15. The van der Waals surface area contributed by atoms with Crippen LogP contribution in [0.25, 0.3) is 22.6 Å². The molecule has 0 radical (unpaired) electrons. The van der Waals surface area contributed by atoms with Crippen LogP contribution in [0.15, 0.2) is 59.0 Å². The van der Waals surface area contributed by atoms with Crippen LogP contribution < -0.4 is 5.32 Å². The standard InChI is InChI=1S/C23H19N3O4/c1-13-7-8-17(23-25-20-9-14(2)15(3)10-21(20)30-23)12-19(13)24-22(27)16-5-4-6-18(11-16)26(28)29/h4-12H,1-3H3,(H,24,27). The Labute approximate surface area is 172 Å². The van der Waals surface area contributed by atoms with Crippen molar-refractivity contribution >= 4 is 28.4 Å². The van der Waals surface area contributed by atoms with E-state index in [0.717, 1.165) is 27.8 Å². The molecule has 0 saturated heterocycles. The lowest BCUT2D eigenvalue weighted by Gasteiger charge is -2.09. The van der Waals surface area contributed by atoms with Gasteiger partial charge in [0, 0.05) is 28.9 Å². The van der Waals surface area contributed by atoms with E-state index < -0.39 is 10.8 Å². The number of nitro benzene ring substituents is 1. The van der Waals surface area contributed by atoms with Gasteiger partial charge >= 0.3 is 0 Å². The van der Waals surface area contributed by atoms with Gasteiger partial charge in [0.25, 0.3) is 11.6 Å². The molecule has 7 heteroatoms. The number of hydrogen-bond acceptors (Lipinski definition) is 5. The highest BCUT2D eigenvalue weighted by Gasteiger charge is 2.15. The molecule has 1 N–H and O–H groups in total. The highest BCUT2D eigenvalue weighted by Crippen LogP contribution is 2.29. The monoisotopic (exact) mass is 401 g/mol. The van der Waals surface area contributed by atoms with Gasteiger partial charge in [-0.05, 0) is 67.8 Å². The van der Waals surface area contributed by atoms with Crippen molar-refractivity contribution in [3.63, 3.8) is 0 Å². The van der Waals surface area contributed by atoms with Gasteiger partial charge in [-0.3, -0.25) is 14.9 Å². The van der Waals surface area contributed by atoms with Gasteiger partial charge in [-0.1, -0.05) is 12.1 Å². The van der Waals surface area contributed by atoms with Gasteiger partial charge in [0.1, 0.15) is 5.52 Å². The van der Waals surface area contributed by atoms with Gasteiger partial charge in [-0.2, -0.15) is 0 Å². The molecule has 0 spiro atoms. The number of nitrogens with zero attached hydrogens (tertiary/aromatic N) is 2. The fourth-order valence-corrected chi connectivity index (χ4v) is 3.15. The number of hydrogen-bond donors (Lipinski definition) is 1. The Hall–Kier alpha value is -4.00. The van der Waals surface area contributed by atoms with E-state index in [-0.39, 0.29) is 11.3 Å². The minimum absolute atomic E-state index is 0.134. The summed E-state index contributed by atoms with van der Waals surface area (Å²) in [6.07, 6.45) is 0. The number of amides is 1. The molecule has 4 rings (SSSR count). The molecule has 0 aliphatic heterocycles. The zero-order chi connectivity index (χ0) is 21.4. The number of aryl methyl sites for hydroxylation is 3. The summed E-state index contributed by atoms with van der Waals surface area (Å²) < 4.78 is 5.92. The lowest BCUT2D eigenvalue weighted by atomic mass is 10.1. The molecule has 150 valence electrons. The van der Waals surface area contributed by atoms with E-state index in [1.165, 1.54) is 24.3 Å². The average molecular weight is 401 g/mol. The van der Waals surface area contributed by atoms with Crippen LogP contribution in [0, 0.1) is 30.9 Å². The Kier molecular flexibility index (Phi) is 4.79. The maximum Gasteiger partial charge on any atom is 0.270 e. The van der Waals surface area contributed by atoms with E-state index in [1.54, 1.807) is 6.07 Å². The molecule has 0 bridgehead atoms. The van der Waals surface area contributed by atoms with E-state index in [0.29, 0.717) is 17.2 Å². The molecule has 3 aromatic carbocycles. The Balaban J connectivity index is 1.66. The first-order valence-corrected chi connectivity index (χ1v) is 9.36. The first-order chi connectivity index (χ1) is 14.3. The van der Waals surface area contributed by atoms with E-state index in [9.17, 15) is 14.9 Å². The fraction of sp³-hybridized carbons (Fsp3) is 0.130. The van der Waals surface area contributed by atoms with Crippen molar-refractivity contribution in [3.8, 4) is 11.5 Å². The van der Waals surface area contributed by atoms with Crippen LogP contribution in [0.3, 0.4) is 0 Å². The molecule has 30 heavy (non-hydrogen) atoms. The number of oxazole rings is 1. The number of aromatic nitrogens is 1. The Morgan fingerprint density at radius 1 is 1.00 bits per heavy atom. The smallest absolute Gasteiger partial charge is 0.270 e. The van der Waals surface area contributed by atoms with Crippen molar-refractivity contribution < 1.29 is 14.1 Å². The molecule has 0 atom stereocenters. The van der Waals surface area contributed by atoms with E-state index in [2.05, 4.69) is 10.3 Å². The summed E-state index contributed by atoms with van der Waals surface area (Å²) in [6, 6.07) is 15.1. The lowest BCUT2D eigenvalue weighted by molar-refractivity contribution is -0.384. The molecule has 1 aromatic heterocycles. The summed E-state index contributed by atoms with van der Waals surface area (Å²) in [5.41, 5.74) is 5.97. The molecular formula is C23H19N3O4. The zero-order valence-electron chi connectivity index (χ0n) is 16.7. The van der Waals surface area contributed by atoms with Crippen molar-refractivity contribution in [3.05, 3.63) is 87.0 Å². The number of nitrogens with one attached hydrogen (secondary N) is 1. The molecule has 0 unspecified atom stereocenters.